The Balaban J connectivity index is 0.000000810. The molecular weight excluding hydrogens is 148 g/mol. The maximum Gasteiger partial charge on any atom is 0.194 e. The summed E-state index contributed by atoms with van der Waals surface area (Å²) in [6, 6.07) is 2.82. The lowest BCUT2D eigenvalue weighted by Gasteiger charge is -1.90. The fourth-order valence-corrected chi connectivity index (χ4v) is 0.477. The second-order valence-corrected chi connectivity index (χ2v) is 1.54. The Morgan fingerprint density at radius 1 is 0.900 bits per heavy atom. The lowest BCUT2D eigenvalue weighted by Crippen LogP contribution is -1.86. The molecule has 0 unspecified atom stereocenters. The molecule has 0 N–H and O–H groups in total. The molecular formula is C6H4F4. The van der Waals surface area contributed by atoms with Crippen LogP contribution >= 0.6 is 0 Å². The molecule has 4 heteroatoms. The number of benzene rings is 1. The third kappa shape index (κ3) is 1.46. The SMILES string of the molecule is F.Fc1cccc(F)c1F. The van der Waals surface area contributed by atoms with Crippen LogP contribution < -0.4 is 0 Å². The van der Waals surface area contributed by atoms with Crippen LogP contribution in [0, 0.1) is 17.5 Å². The highest BCUT2D eigenvalue weighted by molar-refractivity contribution is 5.07. The Labute approximate surface area is 54.7 Å². The van der Waals surface area contributed by atoms with Crippen LogP contribution in [-0.2, 0) is 0 Å². The Bertz CT molecular complexity index is 201. The Kier molecular flexibility index (Phi) is 2.86. The first-order valence-electron chi connectivity index (χ1n) is 2.31. The minimum atomic E-state index is -1.42. The van der Waals surface area contributed by atoms with Gasteiger partial charge in [0.25, 0.3) is 0 Å². The van der Waals surface area contributed by atoms with Gasteiger partial charge in [0.15, 0.2) is 17.5 Å². The highest BCUT2D eigenvalue weighted by atomic mass is 19.2. The average molecular weight is 152 g/mol. The van der Waals surface area contributed by atoms with Crippen LogP contribution in [0.4, 0.5) is 17.9 Å². The molecule has 10 heavy (non-hydrogen) atoms. The van der Waals surface area contributed by atoms with Gasteiger partial charge in [0, 0.05) is 0 Å². The molecule has 1 aromatic rings. The van der Waals surface area contributed by atoms with Gasteiger partial charge < -0.3 is 0 Å². The second kappa shape index (κ2) is 3.20. The summed E-state index contributed by atoms with van der Waals surface area (Å²) in [4.78, 5) is 0. The zero-order valence-electron chi connectivity index (χ0n) is 4.77. The molecule has 0 aromatic heterocycles. The molecule has 0 saturated carbocycles. The molecule has 0 aliphatic carbocycles. The van der Waals surface area contributed by atoms with Crippen molar-refractivity contribution < 1.29 is 17.9 Å². The molecule has 0 fully saturated rings. The Hall–Kier alpha value is -1.06. The van der Waals surface area contributed by atoms with E-state index in [0.29, 0.717) is 0 Å². The largest absolute Gasteiger partial charge is 0.269 e. The van der Waals surface area contributed by atoms with Crippen molar-refractivity contribution in [2.75, 3.05) is 0 Å². The summed E-state index contributed by atoms with van der Waals surface area (Å²) in [7, 11) is 0. The zero-order chi connectivity index (χ0) is 6.85. The van der Waals surface area contributed by atoms with Crippen LogP contribution in [0.3, 0.4) is 0 Å². The van der Waals surface area contributed by atoms with Gasteiger partial charge in [-0.3, -0.25) is 4.70 Å². The lowest BCUT2D eigenvalue weighted by molar-refractivity contribution is 0.447. The molecule has 0 heterocycles. The van der Waals surface area contributed by atoms with Crippen molar-refractivity contribution in [3.63, 3.8) is 0 Å². The van der Waals surface area contributed by atoms with Crippen molar-refractivity contribution in [2.24, 2.45) is 0 Å². The molecule has 1 aromatic carbocycles. The average Bonchev–Trinajstić information content (AvgIpc) is 1.83. The Morgan fingerprint density at radius 2 is 1.30 bits per heavy atom. The van der Waals surface area contributed by atoms with Crippen molar-refractivity contribution in [3.05, 3.63) is 35.7 Å². The summed E-state index contributed by atoms with van der Waals surface area (Å²) in [5.74, 6) is -3.73. The molecule has 0 saturated heterocycles. The summed E-state index contributed by atoms with van der Waals surface area (Å²) in [6.45, 7) is 0. The molecule has 0 atom stereocenters. The van der Waals surface area contributed by atoms with Crippen molar-refractivity contribution in [3.8, 4) is 0 Å². The number of halogens is 4. The molecule has 0 radical (unpaired) electrons. The molecule has 56 valence electrons. The highest BCUT2D eigenvalue weighted by Gasteiger charge is 2.04. The fraction of sp³-hybridized carbons (Fsp3) is 0. The van der Waals surface area contributed by atoms with E-state index in [1.165, 1.54) is 0 Å². The van der Waals surface area contributed by atoms with Crippen LogP contribution in [0.2, 0.25) is 0 Å². The van der Waals surface area contributed by atoms with Crippen molar-refractivity contribution in [1.29, 1.82) is 0 Å². The van der Waals surface area contributed by atoms with Crippen molar-refractivity contribution in [1.82, 2.24) is 0 Å². The molecule has 0 aliphatic heterocycles. The van der Waals surface area contributed by atoms with E-state index < -0.39 is 17.5 Å². The van der Waals surface area contributed by atoms with Crippen LogP contribution in [0.25, 0.3) is 0 Å². The van der Waals surface area contributed by atoms with Gasteiger partial charge >= 0.3 is 0 Å². The quantitative estimate of drug-likeness (QED) is 0.395. The number of rotatable bonds is 0. The third-order valence-electron chi connectivity index (χ3n) is 0.904. The molecule has 0 bridgehead atoms. The van der Waals surface area contributed by atoms with E-state index >= 15 is 0 Å². The third-order valence-corrected chi connectivity index (χ3v) is 0.904. The first-order valence-corrected chi connectivity index (χ1v) is 2.31. The normalized spacial score (nSPS) is 8.70. The van der Waals surface area contributed by atoms with E-state index in [-0.39, 0.29) is 4.70 Å². The molecule has 1 rings (SSSR count). The maximum absolute atomic E-state index is 12.0. The molecule has 0 amide bonds. The zero-order valence-corrected chi connectivity index (χ0v) is 4.77. The minimum absolute atomic E-state index is 0. The van der Waals surface area contributed by atoms with Gasteiger partial charge in [0.2, 0.25) is 0 Å². The van der Waals surface area contributed by atoms with E-state index in [1.807, 2.05) is 0 Å². The van der Waals surface area contributed by atoms with Crippen LogP contribution in [0.5, 0.6) is 0 Å². The fourth-order valence-electron chi connectivity index (χ4n) is 0.477. The second-order valence-electron chi connectivity index (χ2n) is 1.54. The Morgan fingerprint density at radius 3 is 1.60 bits per heavy atom. The monoisotopic (exact) mass is 152 g/mol. The van der Waals surface area contributed by atoms with E-state index in [0.717, 1.165) is 18.2 Å². The van der Waals surface area contributed by atoms with Gasteiger partial charge in [-0.25, -0.2) is 13.2 Å². The first kappa shape index (κ1) is 8.94. The van der Waals surface area contributed by atoms with E-state index in [2.05, 4.69) is 0 Å². The van der Waals surface area contributed by atoms with E-state index in [4.69, 9.17) is 0 Å². The summed E-state index contributed by atoms with van der Waals surface area (Å²) >= 11 is 0. The van der Waals surface area contributed by atoms with Gasteiger partial charge in [-0.2, -0.15) is 0 Å². The van der Waals surface area contributed by atoms with Crippen molar-refractivity contribution >= 4 is 0 Å². The van der Waals surface area contributed by atoms with Gasteiger partial charge in [0.1, 0.15) is 0 Å². The van der Waals surface area contributed by atoms with Gasteiger partial charge in [-0.05, 0) is 12.1 Å². The van der Waals surface area contributed by atoms with Crippen LogP contribution in [0.1, 0.15) is 0 Å². The smallest absolute Gasteiger partial charge is 0.194 e. The minimum Gasteiger partial charge on any atom is -0.269 e. The van der Waals surface area contributed by atoms with Crippen LogP contribution in [-0.4, -0.2) is 0 Å². The highest BCUT2D eigenvalue weighted by Crippen LogP contribution is 2.07. The van der Waals surface area contributed by atoms with Crippen LogP contribution in [0.15, 0.2) is 18.2 Å². The number of hydrogen-bond donors (Lipinski definition) is 0. The maximum atomic E-state index is 12.0. The summed E-state index contributed by atoms with van der Waals surface area (Å²) in [5, 5.41) is 0. The predicted molar refractivity (Wildman–Crippen MR) is 28.8 cm³/mol. The molecule has 0 nitrogen and oxygen atoms in total. The summed E-state index contributed by atoms with van der Waals surface area (Å²) in [5.41, 5.74) is 0. The van der Waals surface area contributed by atoms with E-state index in [9.17, 15) is 13.2 Å². The lowest BCUT2D eigenvalue weighted by atomic mass is 10.3. The summed E-state index contributed by atoms with van der Waals surface area (Å²) in [6.07, 6.45) is 0. The van der Waals surface area contributed by atoms with Gasteiger partial charge in [0.05, 0.1) is 0 Å². The molecule has 0 spiro atoms. The summed E-state index contributed by atoms with van der Waals surface area (Å²) < 4.78 is 35.9. The van der Waals surface area contributed by atoms with Crippen molar-refractivity contribution in [2.45, 2.75) is 0 Å². The first-order chi connectivity index (χ1) is 4.22. The van der Waals surface area contributed by atoms with Gasteiger partial charge in [-0.1, -0.05) is 6.07 Å². The predicted octanol–water partition coefficient (Wildman–Crippen LogP) is 2.26. The van der Waals surface area contributed by atoms with Gasteiger partial charge in [-0.15, -0.1) is 0 Å². The topological polar surface area (TPSA) is 0 Å². The van der Waals surface area contributed by atoms with E-state index in [1.54, 1.807) is 0 Å². The molecule has 0 aliphatic rings. The standard InChI is InChI=1S/C6H3F3.FH/c7-4-2-1-3-5(8)6(4)9;/h1-3H;1H. The number of hydrogen-bond acceptors (Lipinski definition) is 0.